The molecule has 3 fully saturated rings. The van der Waals surface area contributed by atoms with Crippen LogP contribution in [0.25, 0.3) is 0 Å². The molecule has 4 rings (SSSR count). The first-order chi connectivity index (χ1) is 12.3. The van der Waals surface area contributed by atoms with Gasteiger partial charge >= 0.3 is 0 Å². The Balaban J connectivity index is 1.15. The van der Waals surface area contributed by atoms with Gasteiger partial charge in [-0.1, -0.05) is 11.6 Å². The quantitative estimate of drug-likeness (QED) is 0.840. The molecule has 6 heteroatoms. The number of piperidine rings is 2. The first-order valence-electron chi connectivity index (χ1n) is 9.84. The van der Waals surface area contributed by atoms with Gasteiger partial charge in [0, 0.05) is 19.7 Å². The molecule has 1 saturated carbocycles. The Kier molecular flexibility index (Phi) is 5.73. The smallest absolute Gasteiger partial charge is 0.225 e. The summed E-state index contributed by atoms with van der Waals surface area (Å²) in [6.07, 6.45) is 11.4. The molecule has 5 nitrogen and oxygen atoms in total. The molecule has 0 aromatic carbocycles. The molecule has 3 heterocycles. The van der Waals surface area contributed by atoms with E-state index in [9.17, 15) is 0 Å². The lowest BCUT2D eigenvalue weighted by molar-refractivity contribution is 0.0287. The van der Waals surface area contributed by atoms with Crippen LogP contribution in [0.5, 0.6) is 0 Å². The van der Waals surface area contributed by atoms with Crippen LogP contribution in [0.4, 0.5) is 5.95 Å². The predicted octanol–water partition coefficient (Wildman–Crippen LogP) is 3.14. The molecule has 1 N–H and O–H groups in total. The number of hydrogen-bond acceptors (Lipinski definition) is 5. The van der Waals surface area contributed by atoms with Gasteiger partial charge in [-0.05, 0) is 69.4 Å². The molecule has 2 atom stereocenters. The van der Waals surface area contributed by atoms with Crippen LogP contribution in [0.15, 0.2) is 12.4 Å². The van der Waals surface area contributed by atoms with E-state index in [0.29, 0.717) is 11.1 Å². The van der Waals surface area contributed by atoms with Gasteiger partial charge in [0.05, 0.1) is 23.5 Å². The van der Waals surface area contributed by atoms with E-state index in [-0.39, 0.29) is 0 Å². The fraction of sp³-hybridized carbons (Fsp3) is 0.789. The van der Waals surface area contributed by atoms with E-state index in [2.05, 4.69) is 20.2 Å². The maximum absolute atomic E-state index is 6.08. The van der Waals surface area contributed by atoms with Crippen LogP contribution in [-0.4, -0.2) is 48.9 Å². The van der Waals surface area contributed by atoms with Gasteiger partial charge in [0.1, 0.15) is 0 Å². The highest BCUT2D eigenvalue weighted by atomic mass is 35.5. The van der Waals surface area contributed by atoms with E-state index in [1.165, 1.54) is 38.5 Å². The summed E-state index contributed by atoms with van der Waals surface area (Å²) in [6.45, 7) is 5.34. The standard InChI is InChI=1S/C19H29ClN4O/c20-16-12-22-19(23-13-16)24-8-3-14(4-9-24)18-11-15(18)5-10-25-17-1-6-21-7-2-17/h12-15,17-18,21H,1-11H2. The first kappa shape index (κ1) is 17.5. The molecular formula is C19H29ClN4O. The van der Waals surface area contributed by atoms with Gasteiger partial charge in [0.15, 0.2) is 0 Å². The Hall–Kier alpha value is -0.910. The van der Waals surface area contributed by atoms with Crippen LogP contribution in [0.3, 0.4) is 0 Å². The van der Waals surface area contributed by atoms with Crippen molar-refractivity contribution >= 4 is 17.5 Å². The summed E-state index contributed by atoms with van der Waals surface area (Å²) in [4.78, 5) is 11.0. The molecule has 138 valence electrons. The highest BCUT2D eigenvalue weighted by molar-refractivity contribution is 6.30. The zero-order chi connectivity index (χ0) is 17.1. The second kappa shape index (κ2) is 8.19. The van der Waals surface area contributed by atoms with Crippen molar-refractivity contribution in [1.29, 1.82) is 0 Å². The second-order valence-electron chi connectivity index (χ2n) is 7.79. The van der Waals surface area contributed by atoms with Gasteiger partial charge in [0.25, 0.3) is 0 Å². The molecule has 1 aromatic heterocycles. The lowest BCUT2D eigenvalue weighted by Gasteiger charge is -2.32. The van der Waals surface area contributed by atoms with Gasteiger partial charge in [-0.3, -0.25) is 0 Å². The summed E-state index contributed by atoms with van der Waals surface area (Å²) in [5.74, 6) is 3.55. The summed E-state index contributed by atoms with van der Waals surface area (Å²) in [5, 5.41) is 4.00. The fourth-order valence-electron chi connectivity index (χ4n) is 4.52. The molecule has 0 bridgehead atoms. The van der Waals surface area contributed by atoms with E-state index in [1.807, 2.05) is 0 Å². The summed E-state index contributed by atoms with van der Waals surface area (Å²) in [5.41, 5.74) is 0. The van der Waals surface area contributed by atoms with Gasteiger partial charge in [-0.15, -0.1) is 0 Å². The molecule has 0 amide bonds. The number of nitrogens with zero attached hydrogens (tertiary/aromatic N) is 3. The highest BCUT2D eigenvalue weighted by Crippen LogP contribution is 2.49. The minimum atomic E-state index is 0.501. The van der Waals surface area contributed by atoms with Crippen molar-refractivity contribution < 1.29 is 4.74 Å². The average molecular weight is 365 g/mol. The van der Waals surface area contributed by atoms with Gasteiger partial charge in [-0.25, -0.2) is 9.97 Å². The maximum Gasteiger partial charge on any atom is 0.225 e. The van der Waals surface area contributed by atoms with E-state index in [0.717, 1.165) is 56.5 Å². The number of halogens is 1. The Bertz CT molecular complexity index is 541. The predicted molar refractivity (Wildman–Crippen MR) is 100 cm³/mol. The first-order valence-corrected chi connectivity index (χ1v) is 10.2. The third kappa shape index (κ3) is 4.63. The molecule has 1 aromatic rings. The van der Waals surface area contributed by atoms with Crippen molar-refractivity contribution in [2.24, 2.45) is 17.8 Å². The Morgan fingerprint density at radius 1 is 1.12 bits per heavy atom. The molecular weight excluding hydrogens is 336 g/mol. The molecule has 1 aliphatic carbocycles. The van der Waals surface area contributed by atoms with Crippen LogP contribution in [0.1, 0.15) is 38.5 Å². The summed E-state index contributed by atoms with van der Waals surface area (Å²) < 4.78 is 6.08. The van der Waals surface area contributed by atoms with Crippen LogP contribution in [0.2, 0.25) is 5.02 Å². The molecule has 0 radical (unpaired) electrons. The van der Waals surface area contributed by atoms with Crippen LogP contribution in [0, 0.1) is 17.8 Å². The zero-order valence-corrected chi connectivity index (χ0v) is 15.6. The molecule has 2 unspecified atom stereocenters. The van der Waals surface area contributed by atoms with E-state index >= 15 is 0 Å². The highest BCUT2D eigenvalue weighted by Gasteiger charge is 2.43. The lowest BCUT2D eigenvalue weighted by Crippen LogP contribution is -2.35. The van der Waals surface area contributed by atoms with Gasteiger partial charge < -0.3 is 15.0 Å². The van der Waals surface area contributed by atoms with Crippen LogP contribution >= 0.6 is 11.6 Å². The van der Waals surface area contributed by atoms with Gasteiger partial charge in [-0.2, -0.15) is 0 Å². The van der Waals surface area contributed by atoms with Crippen molar-refractivity contribution in [1.82, 2.24) is 15.3 Å². The summed E-state index contributed by atoms with van der Waals surface area (Å²) in [7, 11) is 0. The largest absolute Gasteiger partial charge is 0.378 e. The third-order valence-corrected chi connectivity index (χ3v) is 6.34. The van der Waals surface area contributed by atoms with Crippen LogP contribution in [-0.2, 0) is 4.74 Å². The number of aromatic nitrogens is 2. The molecule has 0 spiro atoms. The maximum atomic E-state index is 6.08. The van der Waals surface area contributed by atoms with Crippen molar-refractivity contribution in [3.63, 3.8) is 0 Å². The van der Waals surface area contributed by atoms with Crippen molar-refractivity contribution in [3.8, 4) is 0 Å². The molecule has 3 aliphatic rings. The minimum absolute atomic E-state index is 0.501. The number of anilines is 1. The monoisotopic (exact) mass is 364 g/mol. The zero-order valence-electron chi connectivity index (χ0n) is 14.9. The Morgan fingerprint density at radius 3 is 2.56 bits per heavy atom. The number of hydrogen-bond donors (Lipinski definition) is 1. The summed E-state index contributed by atoms with van der Waals surface area (Å²) in [6, 6.07) is 0. The lowest BCUT2D eigenvalue weighted by atomic mass is 9.90. The average Bonchev–Trinajstić information content (AvgIpc) is 3.43. The van der Waals surface area contributed by atoms with Crippen molar-refractivity contribution in [3.05, 3.63) is 17.4 Å². The fourth-order valence-corrected chi connectivity index (χ4v) is 4.62. The van der Waals surface area contributed by atoms with Crippen molar-refractivity contribution in [2.75, 3.05) is 37.7 Å². The van der Waals surface area contributed by atoms with E-state index < -0.39 is 0 Å². The van der Waals surface area contributed by atoms with E-state index in [4.69, 9.17) is 16.3 Å². The molecule has 25 heavy (non-hydrogen) atoms. The van der Waals surface area contributed by atoms with Gasteiger partial charge in [0.2, 0.25) is 5.95 Å². The van der Waals surface area contributed by atoms with Crippen LogP contribution < -0.4 is 10.2 Å². The molecule has 2 saturated heterocycles. The number of ether oxygens (including phenoxy) is 1. The SMILES string of the molecule is Clc1cnc(N2CCC(C3CC3CCOC3CCNCC3)CC2)nc1. The third-order valence-electron chi connectivity index (χ3n) is 6.14. The minimum Gasteiger partial charge on any atom is -0.378 e. The van der Waals surface area contributed by atoms with Crippen molar-refractivity contribution in [2.45, 2.75) is 44.6 Å². The number of rotatable bonds is 6. The number of nitrogens with one attached hydrogen (secondary N) is 1. The Labute approximate surface area is 155 Å². The Morgan fingerprint density at radius 2 is 1.84 bits per heavy atom. The second-order valence-corrected chi connectivity index (χ2v) is 8.23. The van der Waals surface area contributed by atoms with E-state index in [1.54, 1.807) is 12.4 Å². The normalized spacial score (nSPS) is 28.3. The molecule has 2 aliphatic heterocycles. The topological polar surface area (TPSA) is 50.3 Å². The summed E-state index contributed by atoms with van der Waals surface area (Å²) >= 11 is 5.87.